The van der Waals surface area contributed by atoms with Crippen molar-refractivity contribution in [2.24, 2.45) is 5.92 Å². The summed E-state index contributed by atoms with van der Waals surface area (Å²) in [6.07, 6.45) is 3.97. The number of ether oxygens (including phenoxy) is 1. The number of nitrogen functional groups attached to an aromatic ring is 1. The van der Waals surface area contributed by atoms with E-state index in [9.17, 15) is 9.59 Å². The fourth-order valence-electron chi connectivity index (χ4n) is 4.28. The molecule has 0 unspecified atom stereocenters. The average Bonchev–Trinajstić information content (AvgIpc) is 2.76. The summed E-state index contributed by atoms with van der Waals surface area (Å²) in [5.74, 6) is 0.981. The number of anilines is 1. The number of methoxy groups -OCH3 is 1. The minimum atomic E-state index is -0.132. The lowest BCUT2D eigenvalue weighted by atomic mass is 9.95. The predicted octanol–water partition coefficient (Wildman–Crippen LogP) is 2.29. The number of hydrogen-bond donors (Lipinski definition) is 3. The molecule has 2 heterocycles. The number of piperidine rings is 2. The number of carbonyl (C=O) groups excluding carboxylic acids is 2. The number of likely N-dealkylation sites (tertiary alicyclic amines) is 2. The van der Waals surface area contributed by atoms with E-state index in [1.54, 1.807) is 19.2 Å². The summed E-state index contributed by atoms with van der Waals surface area (Å²) in [6.45, 7) is 4.68. The molecule has 2 aliphatic rings. The SMILES string of the molecule is CNC(=O)N1CCC(CN2CCC(NC(=O)c3cc(Br)c(N)cc3OC)CC2)CC1. The molecule has 2 fully saturated rings. The predicted molar refractivity (Wildman–Crippen MR) is 121 cm³/mol. The monoisotopic (exact) mass is 481 g/mol. The van der Waals surface area contributed by atoms with E-state index in [2.05, 4.69) is 31.5 Å². The minimum absolute atomic E-state index is 0.0229. The van der Waals surface area contributed by atoms with Crippen LogP contribution in [0.2, 0.25) is 0 Å². The van der Waals surface area contributed by atoms with Crippen molar-refractivity contribution in [1.82, 2.24) is 20.4 Å². The zero-order valence-corrected chi connectivity index (χ0v) is 19.3. The van der Waals surface area contributed by atoms with Crippen molar-refractivity contribution in [3.8, 4) is 5.75 Å². The molecule has 0 aliphatic carbocycles. The summed E-state index contributed by atoms with van der Waals surface area (Å²) in [4.78, 5) is 28.9. The lowest BCUT2D eigenvalue weighted by molar-refractivity contribution is 0.0891. The quantitative estimate of drug-likeness (QED) is 0.560. The molecular formula is C21H32BrN5O3. The number of amides is 3. The second-order valence-corrected chi connectivity index (χ2v) is 8.96. The van der Waals surface area contributed by atoms with E-state index < -0.39 is 0 Å². The first kappa shape index (κ1) is 22.7. The van der Waals surface area contributed by atoms with Gasteiger partial charge in [0.2, 0.25) is 0 Å². The molecule has 4 N–H and O–H groups in total. The van der Waals surface area contributed by atoms with Gasteiger partial charge in [-0.25, -0.2) is 4.79 Å². The molecule has 3 rings (SSSR count). The third-order valence-corrected chi connectivity index (χ3v) is 6.80. The molecular weight excluding hydrogens is 450 g/mol. The van der Waals surface area contributed by atoms with E-state index in [4.69, 9.17) is 10.5 Å². The average molecular weight is 482 g/mol. The van der Waals surface area contributed by atoms with Crippen LogP contribution >= 0.6 is 15.9 Å². The van der Waals surface area contributed by atoms with Gasteiger partial charge in [0.25, 0.3) is 5.91 Å². The summed E-state index contributed by atoms with van der Waals surface area (Å²) in [5, 5.41) is 5.85. The van der Waals surface area contributed by atoms with Crippen molar-refractivity contribution in [3.63, 3.8) is 0 Å². The van der Waals surface area contributed by atoms with Crippen LogP contribution < -0.4 is 21.1 Å². The van der Waals surface area contributed by atoms with Gasteiger partial charge in [-0.3, -0.25) is 4.79 Å². The van der Waals surface area contributed by atoms with Crippen molar-refractivity contribution in [2.45, 2.75) is 31.7 Å². The van der Waals surface area contributed by atoms with Crippen LogP contribution in [0.25, 0.3) is 0 Å². The molecule has 0 spiro atoms. The van der Waals surface area contributed by atoms with E-state index in [1.165, 1.54) is 7.11 Å². The van der Waals surface area contributed by atoms with Crippen molar-refractivity contribution in [1.29, 1.82) is 0 Å². The highest BCUT2D eigenvalue weighted by Gasteiger charge is 2.27. The topological polar surface area (TPSA) is 99.9 Å². The molecule has 3 amide bonds. The van der Waals surface area contributed by atoms with Crippen molar-refractivity contribution in [2.75, 3.05) is 52.6 Å². The zero-order chi connectivity index (χ0) is 21.7. The van der Waals surface area contributed by atoms with Gasteiger partial charge in [0.15, 0.2) is 0 Å². The number of hydrogen-bond acceptors (Lipinski definition) is 5. The highest BCUT2D eigenvalue weighted by atomic mass is 79.9. The number of carbonyl (C=O) groups is 2. The maximum absolute atomic E-state index is 12.8. The van der Waals surface area contributed by atoms with Crippen molar-refractivity contribution in [3.05, 3.63) is 22.2 Å². The first-order valence-corrected chi connectivity index (χ1v) is 11.3. The Labute approximate surface area is 186 Å². The van der Waals surface area contributed by atoms with Gasteiger partial charge in [-0.1, -0.05) is 0 Å². The van der Waals surface area contributed by atoms with Gasteiger partial charge < -0.3 is 30.9 Å². The van der Waals surface area contributed by atoms with Crippen LogP contribution in [0, 0.1) is 5.92 Å². The van der Waals surface area contributed by atoms with Gasteiger partial charge >= 0.3 is 6.03 Å². The van der Waals surface area contributed by atoms with Crippen molar-refractivity contribution < 1.29 is 14.3 Å². The Balaban J connectivity index is 1.45. The molecule has 0 aromatic heterocycles. The molecule has 1 aromatic rings. The van der Waals surface area contributed by atoms with Crippen LogP contribution in [0.5, 0.6) is 5.75 Å². The second kappa shape index (κ2) is 10.3. The standard InChI is InChI=1S/C21H32BrN5O3/c1-24-21(29)27-9-3-14(4-10-27)13-26-7-5-15(6-8-26)25-20(28)16-11-17(22)18(23)12-19(16)30-2/h11-12,14-15H,3-10,13,23H2,1-2H3,(H,24,29)(H,25,28). The van der Waals surface area contributed by atoms with Crippen LogP contribution in [0.1, 0.15) is 36.0 Å². The zero-order valence-electron chi connectivity index (χ0n) is 17.7. The number of nitrogens with two attached hydrogens (primary N) is 1. The molecule has 2 aliphatic heterocycles. The van der Waals surface area contributed by atoms with Gasteiger partial charge in [-0.15, -0.1) is 0 Å². The maximum atomic E-state index is 12.8. The number of benzene rings is 1. The van der Waals surface area contributed by atoms with Crippen LogP contribution in [0.3, 0.4) is 0 Å². The van der Waals surface area contributed by atoms with Crippen LogP contribution in [0.15, 0.2) is 16.6 Å². The lowest BCUT2D eigenvalue weighted by Gasteiger charge is -2.37. The summed E-state index contributed by atoms with van der Waals surface area (Å²) >= 11 is 3.38. The third-order valence-electron chi connectivity index (χ3n) is 6.12. The minimum Gasteiger partial charge on any atom is -0.496 e. The van der Waals surface area contributed by atoms with Gasteiger partial charge in [-0.2, -0.15) is 0 Å². The number of nitrogens with one attached hydrogen (secondary N) is 2. The Hall–Kier alpha value is -2.00. The summed E-state index contributed by atoms with van der Waals surface area (Å²) < 4.78 is 6.01. The normalized spacial score (nSPS) is 18.8. The first-order chi connectivity index (χ1) is 14.4. The van der Waals surface area contributed by atoms with Gasteiger partial charge in [0.05, 0.1) is 12.7 Å². The van der Waals surface area contributed by atoms with Crippen molar-refractivity contribution >= 4 is 33.6 Å². The Morgan fingerprint density at radius 1 is 1.17 bits per heavy atom. The maximum Gasteiger partial charge on any atom is 0.317 e. The Kier molecular flexibility index (Phi) is 7.82. The van der Waals surface area contributed by atoms with Crippen LogP contribution in [-0.2, 0) is 0 Å². The van der Waals surface area contributed by atoms with Gasteiger partial charge in [0.1, 0.15) is 5.75 Å². The first-order valence-electron chi connectivity index (χ1n) is 10.5. The Morgan fingerprint density at radius 3 is 2.43 bits per heavy atom. The molecule has 9 heteroatoms. The molecule has 2 saturated heterocycles. The summed E-state index contributed by atoms with van der Waals surface area (Å²) in [5.41, 5.74) is 6.91. The van der Waals surface area contributed by atoms with E-state index in [0.29, 0.717) is 27.4 Å². The molecule has 0 atom stereocenters. The molecule has 1 aromatic carbocycles. The fraction of sp³-hybridized carbons (Fsp3) is 0.619. The highest BCUT2D eigenvalue weighted by Crippen LogP contribution is 2.29. The molecule has 30 heavy (non-hydrogen) atoms. The van der Waals surface area contributed by atoms with E-state index in [-0.39, 0.29) is 18.0 Å². The number of nitrogens with zero attached hydrogens (tertiary/aromatic N) is 2. The molecule has 0 radical (unpaired) electrons. The second-order valence-electron chi connectivity index (χ2n) is 8.11. The fourth-order valence-corrected chi connectivity index (χ4v) is 4.62. The Morgan fingerprint density at radius 2 is 1.83 bits per heavy atom. The van der Waals surface area contributed by atoms with E-state index in [1.807, 2.05) is 4.90 Å². The van der Waals surface area contributed by atoms with E-state index >= 15 is 0 Å². The van der Waals surface area contributed by atoms with Gasteiger partial charge in [0, 0.05) is 62.0 Å². The molecule has 8 nitrogen and oxygen atoms in total. The van der Waals surface area contributed by atoms with E-state index in [0.717, 1.165) is 58.4 Å². The third kappa shape index (κ3) is 5.57. The Bertz CT molecular complexity index is 759. The smallest absolute Gasteiger partial charge is 0.317 e. The van der Waals surface area contributed by atoms with Gasteiger partial charge in [-0.05, 0) is 53.6 Å². The lowest BCUT2D eigenvalue weighted by Crippen LogP contribution is -2.48. The summed E-state index contributed by atoms with van der Waals surface area (Å²) in [7, 11) is 3.22. The van der Waals surface area contributed by atoms with Crippen LogP contribution in [0.4, 0.5) is 10.5 Å². The largest absolute Gasteiger partial charge is 0.496 e. The summed E-state index contributed by atoms with van der Waals surface area (Å²) in [6, 6.07) is 3.56. The number of rotatable bonds is 5. The highest BCUT2D eigenvalue weighted by molar-refractivity contribution is 9.10. The molecule has 0 saturated carbocycles. The number of halogens is 1. The molecule has 0 bridgehead atoms. The number of urea groups is 1. The van der Waals surface area contributed by atoms with Crippen LogP contribution in [-0.4, -0.2) is 74.7 Å². The molecule has 166 valence electrons.